The number of ether oxygens (including phenoxy) is 1. The SMILES string of the molecule is CCN(CC)CCN1C(=O)C(=O)/C(=C(/O)c2cc(C(C)C)c(OC)cc2C)C1c1ccccc1. The number of Topliss-reactive ketones (excluding diaryl/α,β-unsaturated/α-hetero) is 1. The lowest BCUT2D eigenvalue weighted by atomic mass is 9.91. The summed E-state index contributed by atoms with van der Waals surface area (Å²) >= 11 is 0. The van der Waals surface area contributed by atoms with Gasteiger partial charge in [-0.15, -0.1) is 0 Å². The number of aryl methyl sites for hydroxylation is 1. The van der Waals surface area contributed by atoms with E-state index >= 15 is 0 Å². The molecule has 1 unspecified atom stereocenters. The molecule has 6 heteroatoms. The molecule has 0 spiro atoms. The molecule has 1 heterocycles. The molecule has 1 atom stereocenters. The van der Waals surface area contributed by atoms with Crippen LogP contribution in [0.25, 0.3) is 5.76 Å². The number of carbonyl (C=O) groups is 2. The fourth-order valence-corrected chi connectivity index (χ4v) is 4.61. The van der Waals surface area contributed by atoms with Gasteiger partial charge < -0.3 is 19.6 Å². The third-order valence-electron chi connectivity index (χ3n) is 6.66. The van der Waals surface area contributed by atoms with Crippen molar-refractivity contribution in [3.8, 4) is 5.75 Å². The zero-order chi connectivity index (χ0) is 25.0. The van der Waals surface area contributed by atoms with E-state index in [-0.39, 0.29) is 17.3 Å². The number of rotatable bonds is 9. The van der Waals surface area contributed by atoms with Crippen molar-refractivity contribution in [3.05, 3.63) is 70.3 Å². The topological polar surface area (TPSA) is 70.1 Å². The number of aliphatic hydroxyl groups is 1. The molecule has 1 aliphatic heterocycles. The number of ketones is 1. The lowest BCUT2D eigenvalue weighted by Crippen LogP contribution is -2.38. The van der Waals surface area contributed by atoms with Crippen molar-refractivity contribution in [2.24, 2.45) is 0 Å². The van der Waals surface area contributed by atoms with E-state index in [1.165, 1.54) is 0 Å². The van der Waals surface area contributed by atoms with Crippen LogP contribution in [0.5, 0.6) is 5.75 Å². The van der Waals surface area contributed by atoms with Crippen molar-refractivity contribution in [3.63, 3.8) is 0 Å². The summed E-state index contributed by atoms with van der Waals surface area (Å²) in [6, 6.07) is 12.6. The Morgan fingerprint density at radius 3 is 2.32 bits per heavy atom. The number of carbonyl (C=O) groups excluding carboxylic acids is 2. The van der Waals surface area contributed by atoms with Gasteiger partial charge in [0.1, 0.15) is 11.5 Å². The molecular weight excluding hydrogens is 428 g/mol. The van der Waals surface area contributed by atoms with E-state index in [2.05, 4.69) is 18.7 Å². The van der Waals surface area contributed by atoms with Crippen LogP contribution in [0.4, 0.5) is 0 Å². The second kappa shape index (κ2) is 10.9. The molecule has 0 aliphatic carbocycles. The Balaban J connectivity index is 2.17. The summed E-state index contributed by atoms with van der Waals surface area (Å²) in [5.74, 6) is -0.462. The van der Waals surface area contributed by atoms with Gasteiger partial charge in [0.25, 0.3) is 11.7 Å². The molecule has 2 aromatic rings. The Morgan fingerprint density at radius 2 is 1.76 bits per heavy atom. The first-order chi connectivity index (χ1) is 16.2. The van der Waals surface area contributed by atoms with Crippen molar-refractivity contribution >= 4 is 17.4 Å². The Kier molecular flexibility index (Phi) is 8.15. The minimum absolute atomic E-state index is 0.138. The van der Waals surface area contributed by atoms with Gasteiger partial charge in [-0.3, -0.25) is 9.59 Å². The minimum Gasteiger partial charge on any atom is -0.507 e. The van der Waals surface area contributed by atoms with Gasteiger partial charge in [0.15, 0.2) is 0 Å². The molecule has 1 saturated heterocycles. The third kappa shape index (κ3) is 4.87. The van der Waals surface area contributed by atoms with Crippen LogP contribution >= 0.6 is 0 Å². The van der Waals surface area contributed by atoms with Crippen LogP contribution in [-0.4, -0.2) is 59.9 Å². The summed E-state index contributed by atoms with van der Waals surface area (Å²) in [7, 11) is 1.62. The largest absolute Gasteiger partial charge is 0.507 e. The van der Waals surface area contributed by atoms with Crippen LogP contribution in [-0.2, 0) is 9.59 Å². The van der Waals surface area contributed by atoms with Crippen molar-refractivity contribution in [2.45, 2.75) is 46.6 Å². The summed E-state index contributed by atoms with van der Waals surface area (Å²) in [6.07, 6.45) is 0. The standard InChI is InChI=1S/C28H36N2O4/c1-7-29(8-2)14-15-30-25(20-12-10-9-11-13-20)24(27(32)28(30)33)26(31)22-17-21(18(3)4)23(34-6)16-19(22)5/h9-13,16-18,25,31H,7-8,14-15H2,1-6H3/b26-24+. The predicted molar refractivity (Wildman–Crippen MR) is 135 cm³/mol. The number of methoxy groups -OCH3 is 1. The Morgan fingerprint density at radius 1 is 1.12 bits per heavy atom. The highest BCUT2D eigenvalue weighted by Crippen LogP contribution is 2.41. The minimum atomic E-state index is -0.646. The number of nitrogens with zero attached hydrogens (tertiary/aromatic N) is 2. The van der Waals surface area contributed by atoms with Gasteiger partial charge in [-0.2, -0.15) is 0 Å². The zero-order valence-electron chi connectivity index (χ0n) is 21.1. The number of likely N-dealkylation sites (N-methyl/N-ethyl adjacent to an activating group) is 1. The fourth-order valence-electron chi connectivity index (χ4n) is 4.61. The third-order valence-corrected chi connectivity index (χ3v) is 6.66. The zero-order valence-corrected chi connectivity index (χ0v) is 21.1. The second-order valence-electron chi connectivity index (χ2n) is 8.99. The number of amides is 1. The molecule has 0 bridgehead atoms. The molecule has 1 aliphatic rings. The molecule has 0 aromatic heterocycles. The van der Waals surface area contributed by atoms with Gasteiger partial charge >= 0.3 is 0 Å². The van der Waals surface area contributed by atoms with Crippen LogP contribution in [0, 0.1) is 6.92 Å². The maximum atomic E-state index is 13.3. The summed E-state index contributed by atoms with van der Waals surface area (Å²) in [4.78, 5) is 30.3. The van der Waals surface area contributed by atoms with Crippen LogP contribution in [0.1, 0.15) is 61.9 Å². The highest BCUT2D eigenvalue weighted by molar-refractivity contribution is 6.46. The summed E-state index contributed by atoms with van der Waals surface area (Å²) < 4.78 is 5.54. The molecule has 1 fully saturated rings. The average Bonchev–Trinajstić information content (AvgIpc) is 3.09. The van der Waals surface area contributed by atoms with E-state index in [0.717, 1.165) is 35.5 Å². The molecule has 182 valence electrons. The van der Waals surface area contributed by atoms with Crippen molar-refractivity contribution in [1.82, 2.24) is 9.80 Å². The Bertz CT molecular complexity index is 1070. The number of likely N-dealkylation sites (tertiary alicyclic amines) is 1. The van der Waals surface area contributed by atoms with Gasteiger partial charge in [-0.25, -0.2) is 0 Å². The summed E-state index contributed by atoms with van der Waals surface area (Å²) in [5, 5.41) is 11.5. The number of aliphatic hydroxyl groups excluding tert-OH is 1. The Hall–Kier alpha value is -3.12. The number of hydrogen-bond acceptors (Lipinski definition) is 5. The van der Waals surface area contributed by atoms with Crippen molar-refractivity contribution in [2.75, 3.05) is 33.3 Å². The monoisotopic (exact) mass is 464 g/mol. The maximum absolute atomic E-state index is 13.3. The predicted octanol–water partition coefficient (Wildman–Crippen LogP) is 4.89. The molecule has 1 N–H and O–H groups in total. The number of benzene rings is 2. The molecule has 3 rings (SSSR count). The first-order valence-corrected chi connectivity index (χ1v) is 12.0. The van der Waals surface area contributed by atoms with E-state index in [0.29, 0.717) is 18.7 Å². The van der Waals surface area contributed by atoms with Crippen molar-refractivity contribution in [1.29, 1.82) is 0 Å². The fraction of sp³-hybridized carbons (Fsp3) is 0.429. The van der Waals surface area contributed by atoms with Crippen LogP contribution in [0.2, 0.25) is 0 Å². The summed E-state index contributed by atoms with van der Waals surface area (Å²) in [6.45, 7) is 12.9. The van der Waals surface area contributed by atoms with E-state index in [1.807, 2.05) is 63.2 Å². The summed E-state index contributed by atoms with van der Waals surface area (Å²) in [5.41, 5.74) is 3.20. The van der Waals surface area contributed by atoms with E-state index in [4.69, 9.17) is 4.74 Å². The Labute approximate surface area is 202 Å². The number of hydrogen-bond donors (Lipinski definition) is 1. The first kappa shape index (κ1) is 25.5. The molecular formula is C28H36N2O4. The van der Waals surface area contributed by atoms with Gasteiger partial charge in [0, 0.05) is 18.7 Å². The second-order valence-corrected chi connectivity index (χ2v) is 8.99. The van der Waals surface area contributed by atoms with Crippen LogP contribution < -0.4 is 4.74 Å². The lowest BCUT2D eigenvalue weighted by molar-refractivity contribution is -0.140. The van der Waals surface area contributed by atoms with Gasteiger partial charge in [0.05, 0.1) is 18.7 Å². The molecule has 0 saturated carbocycles. The quantitative estimate of drug-likeness (QED) is 0.325. The smallest absolute Gasteiger partial charge is 0.295 e. The van der Waals surface area contributed by atoms with E-state index in [1.54, 1.807) is 12.0 Å². The molecule has 6 nitrogen and oxygen atoms in total. The van der Waals surface area contributed by atoms with Crippen LogP contribution in [0.15, 0.2) is 48.0 Å². The highest BCUT2D eigenvalue weighted by atomic mass is 16.5. The molecule has 2 aromatic carbocycles. The molecule has 1 amide bonds. The maximum Gasteiger partial charge on any atom is 0.295 e. The first-order valence-electron chi connectivity index (χ1n) is 12.0. The van der Waals surface area contributed by atoms with Gasteiger partial charge in [-0.05, 0) is 54.8 Å². The van der Waals surface area contributed by atoms with E-state index < -0.39 is 17.7 Å². The van der Waals surface area contributed by atoms with Crippen molar-refractivity contribution < 1.29 is 19.4 Å². The molecule has 34 heavy (non-hydrogen) atoms. The average molecular weight is 465 g/mol. The van der Waals surface area contributed by atoms with Crippen LogP contribution in [0.3, 0.4) is 0 Å². The lowest BCUT2D eigenvalue weighted by Gasteiger charge is -2.28. The van der Waals surface area contributed by atoms with Gasteiger partial charge in [0.2, 0.25) is 0 Å². The van der Waals surface area contributed by atoms with Gasteiger partial charge in [-0.1, -0.05) is 58.0 Å². The molecule has 0 radical (unpaired) electrons. The highest BCUT2D eigenvalue weighted by Gasteiger charge is 2.46. The normalized spacial score (nSPS) is 17.8. The van der Waals surface area contributed by atoms with E-state index in [9.17, 15) is 14.7 Å².